The van der Waals surface area contributed by atoms with Crippen LogP contribution in [-0.4, -0.2) is 50.2 Å². The molecule has 2 unspecified atom stereocenters. The molecule has 0 spiro atoms. The summed E-state index contributed by atoms with van der Waals surface area (Å²) in [6.45, 7) is 2.91. The van der Waals surface area contributed by atoms with Gasteiger partial charge in [-0.3, -0.25) is 4.79 Å². The zero-order chi connectivity index (χ0) is 25.4. The molecule has 0 radical (unpaired) electrons. The number of aromatic nitrogens is 2. The lowest BCUT2D eigenvalue weighted by atomic mass is 9.96. The molecule has 5 rings (SSSR count). The maximum absolute atomic E-state index is 13.9. The fraction of sp³-hybridized carbons (Fsp3) is 0.393. The molecule has 2 heterocycles. The largest absolute Gasteiger partial charge is 0.478 e. The van der Waals surface area contributed by atoms with Crippen molar-refractivity contribution in [2.45, 2.75) is 63.3 Å². The van der Waals surface area contributed by atoms with E-state index in [9.17, 15) is 23.5 Å². The van der Waals surface area contributed by atoms with Gasteiger partial charge in [0, 0.05) is 24.6 Å². The van der Waals surface area contributed by atoms with Crippen LogP contribution >= 0.6 is 0 Å². The molecule has 2 atom stereocenters. The van der Waals surface area contributed by atoms with Crippen LogP contribution in [0, 0.1) is 0 Å². The molecule has 2 fully saturated rings. The number of carboxylic acids is 1. The molecule has 1 saturated carbocycles. The van der Waals surface area contributed by atoms with E-state index in [1.165, 1.54) is 4.68 Å². The molecule has 36 heavy (non-hydrogen) atoms. The molecule has 1 aromatic heterocycles. The van der Waals surface area contributed by atoms with Gasteiger partial charge in [0.1, 0.15) is 5.56 Å². The Morgan fingerprint density at radius 2 is 1.83 bits per heavy atom. The predicted octanol–water partition coefficient (Wildman–Crippen LogP) is 6.15. The van der Waals surface area contributed by atoms with Crippen LogP contribution in [0.4, 0.5) is 8.78 Å². The SMILES string of the molecule is CCCC1CCCCN1C(=O)c1cccc(-c2cccc(-n3ncc(C(=O)O)c3C3CC3(F)F)c2)c1. The third-order valence-electron chi connectivity index (χ3n) is 7.24. The topological polar surface area (TPSA) is 75.4 Å². The average Bonchev–Trinajstić information content (AvgIpc) is 3.30. The number of hydrogen-bond acceptors (Lipinski definition) is 3. The Labute approximate surface area is 208 Å². The van der Waals surface area contributed by atoms with Crippen molar-refractivity contribution in [3.8, 4) is 16.8 Å². The van der Waals surface area contributed by atoms with Gasteiger partial charge in [-0.1, -0.05) is 37.6 Å². The minimum Gasteiger partial charge on any atom is -0.478 e. The number of carboxylic acid groups (broad SMARTS) is 1. The van der Waals surface area contributed by atoms with Gasteiger partial charge < -0.3 is 10.0 Å². The molecule has 1 N–H and O–H groups in total. The normalized spacial score (nSPS) is 20.8. The second-order valence-corrected chi connectivity index (χ2v) is 9.75. The molecule has 6 nitrogen and oxygen atoms in total. The Balaban J connectivity index is 1.47. The highest BCUT2D eigenvalue weighted by Gasteiger charge is 2.60. The first kappa shape index (κ1) is 24.2. The van der Waals surface area contributed by atoms with Gasteiger partial charge in [-0.15, -0.1) is 0 Å². The standard InChI is InChI=1S/C28H29F2N3O3/c1-2-7-21-11-3-4-13-32(21)26(34)20-10-5-8-18(14-20)19-9-6-12-22(15-19)33-25(24-16-28(24,29)30)23(17-31-33)27(35)36/h5-6,8-10,12,14-15,17,21,24H,2-4,7,11,13,16H2,1H3,(H,35,36). The first-order valence-corrected chi connectivity index (χ1v) is 12.5. The molecule has 0 bridgehead atoms. The van der Waals surface area contributed by atoms with Crippen molar-refractivity contribution in [1.82, 2.24) is 14.7 Å². The van der Waals surface area contributed by atoms with E-state index < -0.39 is 24.2 Å². The number of alkyl halides is 2. The smallest absolute Gasteiger partial charge is 0.339 e. The number of rotatable bonds is 7. The van der Waals surface area contributed by atoms with Gasteiger partial charge in [-0.25, -0.2) is 18.3 Å². The number of carbonyl (C=O) groups excluding carboxylic acids is 1. The molecule has 2 aliphatic rings. The third-order valence-corrected chi connectivity index (χ3v) is 7.24. The van der Waals surface area contributed by atoms with Crippen molar-refractivity contribution in [2.24, 2.45) is 0 Å². The van der Waals surface area contributed by atoms with Gasteiger partial charge in [-0.05, 0) is 61.1 Å². The lowest BCUT2D eigenvalue weighted by molar-refractivity contribution is 0.0599. The highest BCUT2D eigenvalue weighted by Crippen LogP contribution is 2.56. The maximum Gasteiger partial charge on any atom is 0.339 e. The summed E-state index contributed by atoms with van der Waals surface area (Å²) in [5.74, 6) is -5.35. The van der Waals surface area contributed by atoms with Gasteiger partial charge in [0.2, 0.25) is 0 Å². The quantitative estimate of drug-likeness (QED) is 0.428. The van der Waals surface area contributed by atoms with Crippen molar-refractivity contribution in [2.75, 3.05) is 6.54 Å². The fourth-order valence-electron chi connectivity index (χ4n) is 5.29. The number of benzene rings is 2. The summed E-state index contributed by atoms with van der Waals surface area (Å²) in [6.07, 6.45) is 5.96. The van der Waals surface area contributed by atoms with Crippen LogP contribution in [0.5, 0.6) is 0 Å². The van der Waals surface area contributed by atoms with Crippen LogP contribution in [-0.2, 0) is 0 Å². The van der Waals surface area contributed by atoms with Gasteiger partial charge in [-0.2, -0.15) is 5.10 Å². The van der Waals surface area contributed by atoms with E-state index in [4.69, 9.17) is 0 Å². The number of nitrogens with zero attached hydrogens (tertiary/aromatic N) is 3. The second-order valence-electron chi connectivity index (χ2n) is 9.75. The molecule has 1 aliphatic heterocycles. The van der Waals surface area contributed by atoms with E-state index in [0.717, 1.165) is 56.0 Å². The van der Waals surface area contributed by atoms with Crippen LogP contribution < -0.4 is 0 Å². The summed E-state index contributed by atoms with van der Waals surface area (Å²) in [4.78, 5) is 27.1. The number of hydrogen-bond donors (Lipinski definition) is 1. The Morgan fingerprint density at radius 1 is 1.11 bits per heavy atom. The molecule has 2 aromatic carbocycles. The molecule has 1 saturated heterocycles. The molecule has 1 amide bonds. The van der Waals surface area contributed by atoms with E-state index in [1.807, 2.05) is 35.2 Å². The van der Waals surface area contributed by atoms with E-state index in [1.54, 1.807) is 18.2 Å². The van der Waals surface area contributed by atoms with Crippen LogP contribution in [0.2, 0.25) is 0 Å². The van der Waals surface area contributed by atoms with E-state index >= 15 is 0 Å². The zero-order valence-electron chi connectivity index (χ0n) is 20.2. The Hall–Kier alpha value is -3.55. The van der Waals surface area contributed by atoms with Crippen molar-refractivity contribution in [3.63, 3.8) is 0 Å². The summed E-state index contributed by atoms with van der Waals surface area (Å²) in [6, 6.07) is 14.9. The predicted molar refractivity (Wildman–Crippen MR) is 132 cm³/mol. The van der Waals surface area contributed by atoms with Gasteiger partial charge in [0.15, 0.2) is 0 Å². The van der Waals surface area contributed by atoms with Gasteiger partial charge >= 0.3 is 5.97 Å². The summed E-state index contributed by atoms with van der Waals surface area (Å²) < 4.78 is 29.1. The fourth-order valence-corrected chi connectivity index (χ4v) is 5.29. The Bertz CT molecular complexity index is 1300. The minimum absolute atomic E-state index is 0.0145. The summed E-state index contributed by atoms with van der Waals surface area (Å²) >= 11 is 0. The number of aromatic carboxylic acids is 1. The van der Waals surface area contributed by atoms with Crippen molar-refractivity contribution in [1.29, 1.82) is 0 Å². The van der Waals surface area contributed by atoms with E-state index in [-0.39, 0.29) is 23.2 Å². The summed E-state index contributed by atoms with van der Waals surface area (Å²) in [5, 5.41) is 13.7. The van der Waals surface area contributed by atoms with Crippen molar-refractivity contribution >= 4 is 11.9 Å². The first-order valence-electron chi connectivity index (χ1n) is 12.5. The Kier molecular flexibility index (Phi) is 6.36. The second kappa shape index (κ2) is 9.48. The summed E-state index contributed by atoms with van der Waals surface area (Å²) in [7, 11) is 0. The lowest BCUT2D eigenvalue weighted by Gasteiger charge is -2.36. The molecule has 1 aliphatic carbocycles. The summed E-state index contributed by atoms with van der Waals surface area (Å²) in [5.41, 5.74) is 2.52. The van der Waals surface area contributed by atoms with Crippen LogP contribution in [0.15, 0.2) is 54.7 Å². The molecular weight excluding hydrogens is 464 g/mol. The molecule has 3 aromatic rings. The molecule has 188 valence electrons. The highest BCUT2D eigenvalue weighted by atomic mass is 19.3. The van der Waals surface area contributed by atoms with Gasteiger partial charge in [0.05, 0.1) is 23.5 Å². The zero-order valence-corrected chi connectivity index (χ0v) is 20.2. The van der Waals surface area contributed by atoms with Gasteiger partial charge in [0.25, 0.3) is 11.8 Å². The minimum atomic E-state index is -2.93. The van der Waals surface area contributed by atoms with Crippen molar-refractivity contribution in [3.05, 3.63) is 71.5 Å². The monoisotopic (exact) mass is 493 g/mol. The lowest BCUT2D eigenvalue weighted by Crippen LogP contribution is -2.43. The van der Waals surface area contributed by atoms with Crippen LogP contribution in [0.25, 0.3) is 16.8 Å². The highest BCUT2D eigenvalue weighted by molar-refractivity contribution is 5.96. The molecular formula is C28H29F2N3O3. The number of carbonyl (C=O) groups is 2. The van der Waals surface area contributed by atoms with Crippen LogP contribution in [0.3, 0.4) is 0 Å². The third kappa shape index (κ3) is 4.52. The average molecular weight is 494 g/mol. The maximum atomic E-state index is 13.9. The van der Waals surface area contributed by atoms with Crippen molar-refractivity contribution < 1.29 is 23.5 Å². The van der Waals surface area contributed by atoms with Crippen LogP contribution in [0.1, 0.15) is 77.8 Å². The number of amides is 1. The first-order chi connectivity index (χ1) is 17.3. The van der Waals surface area contributed by atoms with E-state index in [2.05, 4.69) is 12.0 Å². The number of piperidine rings is 1. The van der Waals surface area contributed by atoms with E-state index in [0.29, 0.717) is 11.3 Å². The molecule has 8 heteroatoms. The Morgan fingerprint density at radius 3 is 2.53 bits per heavy atom. The number of likely N-dealkylation sites (tertiary alicyclic amines) is 1. The number of halogens is 2.